The van der Waals surface area contributed by atoms with E-state index in [0.717, 1.165) is 27.1 Å². The zero-order chi connectivity index (χ0) is 9.26. The van der Waals surface area contributed by atoms with Gasteiger partial charge in [-0.2, -0.15) is 0 Å². The fourth-order valence-electron chi connectivity index (χ4n) is 1.40. The van der Waals surface area contributed by atoms with Crippen molar-refractivity contribution in [2.75, 3.05) is 0 Å². The topological polar surface area (TPSA) is 17.1 Å². The average molecular weight is 235 g/mol. The van der Waals surface area contributed by atoms with E-state index >= 15 is 0 Å². The van der Waals surface area contributed by atoms with Crippen molar-refractivity contribution in [2.45, 2.75) is 0 Å². The van der Waals surface area contributed by atoms with Crippen LogP contribution in [0.2, 0.25) is 0 Å². The first kappa shape index (κ1) is 8.45. The number of hydrogen-bond donors (Lipinski definition) is 0. The first-order valence-electron chi connectivity index (χ1n) is 3.95. The summed E-state index contributed by atoms with van der Waals surface area (Å²) < 4.78 is 0.938. The van der Waals surface area contributed by atoms with Crippen LogP contribution in [-0.2, 0) is 0 Å². The Balaban J connectivity index is 2.89. The number of fused-ring (bicyclic) bond motifs is 1. The Bertz CT molecular complexity index is 463. The lowest BCUT2D eigenvalue weighted by Crippen LogP contribution is -1.83. The first-order chi connectivity index (χ1) is 6.31. The lowest BCUT2D eigenvalue weighted by atomic mass is 10.1. The van der Waals surface area contributed by atoms with E-state index in [1.807, 2.05) is 36.4 Å². The average Bonchev–Trinajstić information content (AvgIpc) is 2.16. The minimum Gasteiger partial charge on any atom is -0.298 e. The SMILES string of the molecule is O=Cc1cc(Br)cc2ccccc12. The molecule has 0 aliphatic heterocycles. The molecule has 0 saturated carbocycles. The van der Waals surface area contributed by atoms with Gasteiger partial charge >= 0.3 is 0 Å². The van der Waals surface area contributed by atoms with Gasteiger partial charge in [0.25, 0.3) is 0 Å². The van der Waals surface area contributed by atoms with E-state index in [1.54, 1.807) is 0 Å². The van der Waals surface area contributed by atoms with Crippen molar-refractivity contribution in [3.63, 3.8) is 0 Å². The molecule has 0 unspecified atom stereocenters. The van der Waals surface area contributed by atoms with E-state index in [2.05, 4.69) is 15.9 Å². The molecule has 1 nitrogen and oxygen atoms in total. The molecule has 0 fully saturated rings. The molecule has 0 radical (unpaired) electrons. The maximum atomic E-state index is 10.8. The molecule has 0 amide bonds. The van der Waals surface area contributed by atoms with Gasteiger partial charge in [0.05, 0.1) is 0 Å². The zero-order valence-corrected chi connectivity index (χ0v) is 8.41. The molecule has 0 spiro atoms. The predicted molar refractivity (Wildman–Crippen MR) is 57.0 cm³/mol. The smallest absolute Gasteiger partial charge is 0.150 e. The van der Waals surface area contributed by atoms with E-state index in [9.17, 15) is 4.79 Å². The van der Waals surface area contributed by atoms with Gasteiger partial charge in [-0.25, -0.2) is 0 Å². The standard InChI is InChI=1S/C11H7BrO/c12-10-5-8-3-1-2-4-11(8)9(6-10)7-13/h1-7H. The quantitative estimate of drug-likeness (QED) is 0.692. The second-order valence-electron chi connectivity index (χ2n) is 2.83. The van der Waals surface area contributed by atoms with Gasteiger partial charge in [-0.1, -0.05) is 40.2 Å². The highest BCUT2D eigenvalue weighted by Gasteiger charge is 2.00. The molecule has 2 aromatic carbocycles. The molecule has 0 atom stereocenters. The minimum atomic E-state index is 0.727. The van der Waals surface area contributed by atoms with Crippen LogP contribution in [-0.4, -0.2) is 6.29 Å². The van der Waals surface area contributed by atoms with Crippen LogP contribution in [0.3, 0.4) is 0 Å². The van der Waals surface area contributed by atoms with Gasteiger partial charge in [-0.15, -0.1) is 0 Å². The van der Waals surface area contributed by atoms with Crippen molar-refractivity contribution in [2.24, 2.45) is 0 Å². The highest BCUT2D eigenvalue weighted by molar-refractivity contribution is 9.10. The highest BCUT2D eigenvalue weighted by atomic mass is 79.9. The Kier molecular flexibility index (Phi) is 2.15. The van der Waals surface area contributed by atoms with Crippen molar-refractivity contribution in [3.8, 4) is 0 Å². The molecule has 0 aliphatic carbocycles. The van der Waals surface area contributed by atoms with Crippen LogP contribution >= 0.6 is 15.9 Å². The van der Waals surface area contributed by atoms with Crippen molar-refractivity contribution in [3.05, 3.63) is 46.4 Å². The fourth-order valence-corrected chi connectivity index (χ4v) is 1.89. The third-order valence-corrected chi connectivity index (χ3v) is 2.44. The summed E-state index contributed by atoms with van der Waals surface area (Å²) in [6, 6.07) is 11.7. The zero-order valence-electron chi connectivity index (χ0n) is 6.83. The summed E-state index contributed by atoms with van der Waals surface area (Å²) in [5.74, 6) is 0. The van der Waals surface area contributed by atoms with E-state index in [4.69, 9.17) is 0 Å². The number of carbonyl (C=O) groups is 1. The van der Waals surface area contributed by atoms with Crippen molar-refractivity contribution in [1.29, 1.82) is 0 Å². The molecule has 0 aliphatic rings. The molecular formula is C11H7BrO. The Morgan fingerprint density at radius 1 is 1.15 bits per heavy atom. The monoisotopic (exact) mass is 234 g/mol. The molecule has 2 rings (SSSR count). The predicted octanol–water partition coefficient (Wildman–Crippen LogP) is 3.41. The third-order valence-electron chi connectivity index (χ3n) is 1.99. The maximum absolute atomic E-state index is 10.8. The molecule has 0 bridgehead atoms. The Morgan fingerprint density at radius 3 is 2.69 bits per heavy atom. The molecule has 2 heteroatoms. The summed E-state index contributed by atoms with van der Waals surface area (Å²) in [5.41, 5.74) is 0.727. The lowest BCUT2D eigenvalue weighted by Gasteiger charge is -2.00. The largest absolute Gasteiger partial charge is 0.298 e. The highest BCUT2D eigenvalue weighted by Crippen LogP contribution is 2.22. The molecular weight excluding hydrogens is 228 g/mol. The molecule has 0 heterocycles. The Morgan fingerprint density at radius 2 is 1.92 bits per heavy atom. The second kappa shape index (κ2) is 3.30. The van der Waals surface area contributed by atoms with Gasteiger partial charge in [-0.05, 0) is 22.9 Å². The maximum Gasteiger partial charge on any atom is 0.150 e. The van der Waals surface area contributed by atoms with Crippen LogP contribution < -0.4 is 0 Å². The van der Waals surface area contributed by atoms with Crippen LogP contribution in [0.4, 0.5) is 0 Å². The number of aldehydes is 1. The second-order valence-corrected chi connectivity index (χ2v) is 3.75. The van der Waals surface area contributed by atoms with Crippen LogP contribution in [0.5, 0.6) is 0 Å². The fraction of sp³-hybridized carbons (Fsp3) is 0. The van der Waals surface area contributed by atoms with Gasteiger partial charge in [0.1, 0.15) is 0 Å². The number of halogens is 1. The summed E-state index contributed by atoms with van der Waals surface area (Å²) in [6.07, 6.45) is 0.882. The Hall–Kier alpha value is -1.15. The van der Waals surface area contributed by atoms with Crippen LogP contribution in [0, 0.1) is 0 Å². The van der Waals surface area contributed by atoms with E-state index < -0.39 is 0 Å². The van der Waals surface area contributed by atoms with Gasteiger partial charge < -0.3 is 0 Å². The molecule has 0 saturated heterocycles. The van der Waals surface area contributed by atoms with E-state index in [-0.39, 0.29) is 0 Å². The summed E-state index contributed by atoms with van der Waals surface area (Å²) in [6.45, 7) is 0. The first-order valence-corrected chi connectivity index (χ1v) is 4.74. The van der Waals surface area contributed by atoms with Gasteiger partial charge in [0.15, 0.2) is 6.29 Å². The van der Waals surface area contributed by atoms with Gasteiger partial charge in [-0.3, -0.25) is 4.79 Å². The van der Waals surface area contributed by atoms with Crippen molar-refractivity contribution < 1.29 is 4.79 Å². The number of benzene rings is 2. The van der Waals surface area contributed by atoms with Crippen LogP contribution in [0.15, 0.2) is 40.9 Å². The molecule has 0 N–H and O–H groups in total. The number of carbonyl (C=O) groups excluding carboxylic acids is 1. The van der Waals surface area contributed by atoms with Crippen molar-refractivity contribution >= 4 is 33.0 Å². The summed E-state index contributed by atoms with van der Waals surface area (Å²) >= 11 is 3.37. The molecule has 0 aromatic heterocycles. The van der Waals surface area contributed by atoms with Gasteiger partial charge in [0, 0.05) is 10.0 Å². The summed E-state index contributed by atoms with van der Waals surface area (Å²) in [4.78, 5) is 10.8. The van der Waals surface area contributed by atoms with E-state index in [0.29, 0.717) is 0 Å². The summed E-state index contributed by atoms with van der Waals surface area (Å²) in [7, 11) is 0. The van der Waals surface area contributed by atoms with Gasteiger partial charge in [0.2, 0.25) is 0 Å². The molecule has 2 aromatic rings. The van der Waals surface area contributed by atoms with Crippen LogP contribution in [0.25, 0.3) is 10.8 Å². The summed E-state index contributed by atoms with van der Waals surface area (Å²) in [5, 5.41) is 2.08. The van der Waals surface area contributed by atoms with Crippen molar-refractivity contribution in [1.82, 2.24) is 0 Å². The lowest BCUT2D eigenvalue weighted by molar-refractivity contribution is 0.112. The van der Waals surface area contributed by atoms with Crippen LogP contribution in [0.1, 0.15) is 10.4 Å². The number of hydrogen-bond acceptors (Lipinski definition) is 1. The molecule has 13 heavy (non-hydrogen) atoms. The van der Waals surface area contributed by atoms with E-state index in [1.165, 1.54) is 0 Å². The Labute approximate surface area is 84.5 Å². The minimum absolute atomic E-state index is 0.727. The number of rotatable bonds is 1. The third kappa shape index (κ3) is 1.49. The molecule has 64 valence electrons. The normalized spacial score (nSPS) is 10.2.